The van der Waals surface area contributed by atoms with Gasteiger partial charge in [0.05, 0.1) is 0 Å². The van der Waals surface area contributed by atoms with Gasteiger partial charge in [0, 0.05) is 19.0 Å². The highest BCUT2D eigenvalue weighted by atomic mass is 19.1. The second-order valence-corrected chi connectivity index (χ2v) is 5.00. The molecule has 96 valence electrons. The van der Waals surface area contributed by atoms with Crippen LogP contribution in [0.25, 0.3) is 0 Å². The summed E-state index contributed by atoms with van der Waals surface area (Å²) in [6, 6.07) is 0. The molecule has 1 N–H and O–H groups in total. The van der Waals surface area contributed by atoms with Gasteiger partial charge in [0.1, 0.15) is 12.2 Å². The van der Waals surface area contributed by atoms with Crippen molar-refractivity contribution >= 4 is 0 Å². The molecule has 2 atom stereocenters. The molecule has 1 aliphatic heterocycles. The summed E-state index contributed by atoms with van der Waals surface area (Å²) >= 11 is 0. The summed E-state index contributed by atoms with van der Waals surface area (Å²) < 4.78 is 19.4. The molecule has 0 aromatic rings. The van der Waals surface area contributed by atoms with Gasteiger partial charge in [0.15, 0.2) is 11.6 Å². The summed E-state index contributed by atoms with van der Waals surface area (Å²) in [4.78, 5) is 2.23. The molecular weight excluding hydrogens is 221 g/mol. The van der Waals surface area contributed by atoms with Crippen LogP contribution in [0.2, 0.25) is 0 Å². The zero-order chi connectivity index (χ0) is 12.4. The van der Waals surface area contributed by atoms with Gasteiger partial charge in [-0.05, 0) is 26.0 Å². The molecule has 0 aromatic heterocycles. The average Bonchev–Trinajstić information content (AvgIpc) is 2.33. The molecule has 0 aromatic carbocycles. The zero-order valence-corrected chi connectivity index (χ0v) is 10.4. The summed E-state index contributed by atoms with van der Waals surface area (Å²) in [5.74, 6) is -0.496. The van der Waals surface area contributed by atoms with Crippen LogP contribution in [0.3, 0.4) is 0 Å². The summed E-state index contributed by atoms with van der Waals surface area (Å²) in [7, 11) is 2.07. The number of piperidine rings is 1. The van der Waals surface area contributed by atoms with Crippen molar-refractivity contribution in [3.05, 3.63) is 23.7 Å². The number of likely N-dealkylation sites (tertiary alicyclic amines) is 1. The molecule has 1 fully saturated rings. The van der Waals surface area contributed by atoms with Crippen molar-refractivity contribution < 1.29 is 14.2 Å². The second-order valence-electron chi connectivity index (χ2n) is 5.00. The summed E-state index contributed by atoms with van der Waals surface area (Å²) in [6.45, 7) is 3.73. The third-order valence-corrected chi connectivity index (χ3v) is 3.50. The molecule has 0 bridgehead atoms. The molecule has 2 aliphatic rings. The predicted octanol–water partition coefficient (Wildman–Crippen LogP) is 1.85. The second kappa shape index (κ2) is 5.19. The molecule has 1 aliphatic carbocycles. The number of ether oxygens (including phenoxy) is 1. The highest BCUT2D eigenvalue weighted by Crippen LogP contribution is 2.28. The lowest BCUT2D eigenvalue weighted by atomic mass is 9.98. The first-order valence-corrected chi connectivity index (χ1v) is 6.19. The van der Waals surface area contributed by atoms with E-state index in [1.165, 1.54) is 0 Å². The van der Waals surface area contributed by atoms with E-state index in [1.807, 2.05) is 0 Å². The predicted molar refractivity (Wildman–Crippen MR) is 64.0 cm³/mol. The fourth-order valence-corrected chi connectivity index (χ4v) is 2.18. The Morgan fingerprint density at radius 1 is 1.41 bits per heavy atom. The minimum atomic E-state index is -1.05. The lowest BCUT2D eigenvalue weighted by Gasteiger charge is -2.31. The maximum Gasteiger partial charge on any atom is 0.171 e. The van der Waals surface area contributed by atoms with Crippen molar-refractivity contribution in [2.24, 2.45) is 5.92 Å². The molecule has 0 radical (unpaired) electrons. The van der Waals surface area contributed by atoms with Gasteiger partial charge in [-0.2, -0.15) is 0 Å². The number of nitrogens with zero attached hydrogens (tertiary/aromatic N) is 1. The quantitative estimate of drug-likeness (QED) is 0.800. The van der Waals surface area contributed by atoms with Gasteiger partial charge < -0.3 is 14.7 Å². The maximum absolute atomic E-state index is 13.8. The van der Waals surface area contributed by atoms with Crippen LogP contribution >= 0.6 is 0 Å². The molecule has 1 saturated heterocycles. The molecule has 17 heavy (non-hydrogen) atoms. The average molecular weight is 241 g/mol. The maximum atomic E-state index is 13.8. The van der Waals surface area contributed by atoms with Crippen LogP contribution in [-0.2, 0) is 4.74 Å². The molecule has 0 spiro atoms. The van der Waals surface area contributed by atoms with Gasteiger partial charge in [0.25, 0.3) is 0 Å². The van der Waals surface area contributed by atoms with E-state index in [0.29, 0.717) is 0 Å². The van der Waals surface area contributed by atoms with Crippen LogP contribution in [0.1, 0.15) is 19.8 Å². The van der Waals surface area contributed by atoms with Gasteiger partial charge in [-0.1, -0.05) is 13.0 Å². The van der Waals surface area contributed by atoms with Crippen LogP contribution in [-0.4, -0.2) is 42.4 Å². The van der Waals surface area contributed by atoms with Crippen LogP contribution in [0.5, 0.6) is 0 Å². The van der Waals surface area contributed by atoms with Crippen molar-refractivity contribution in [3.8, 4) is 0 Å². The monoisotopic (exact) mass is 241 g/mol. The molecule has 1 heterocycles. The van der Waals surface area contributed by atoms with Crippen molar-refractivity contribution in [2.45, 2.75) is 32.0 Å². The van der Waals surface area contributed by atoms with Crippen molar-refractivity contribution in [2.75, 3.05) is 20.1 Å². The van der Waals surface area contributed by atoms with Gasteiger partial charge >= 0.3 is 0 Å². The van der Waals surface area contributed by atoms with Crippen molar-refractivity contribution in [3.63, 3.8) is 0 Å². The van der Waals surface area contributed by atoms with E-state index in [4.69, 9.17) is 4.74 Å². The number of hydrogen-bond acceptors (Lipinski definition) is 3. The van der Waals surface area contributed by atoms with E-state index in [9.17, 15) is 9.50 Å². The number of rotatable bonds is 2. The Labute approximate surface area is 102 Å². The number of allylic oxidation sites excluding steroid dienone is 1. The fraction of sp³-hybridized carbons (Fsp3) is 0.692. The molecule has 0 amide bonds. The Balaban J connectivity index is 1.97. The summed E-state index contributed by atoms with van der Waals surface area (Å²) in [6.07, 6.45) is 4.27. The van der Waals surface area contributed by atoms with E-state index >= 15 is 0 Å². The molecule has 3 nitrogen and oxygen atoms in total. The zero-order valence-electron chi connectivity index (χ0n) is 10.4. The molecule has 2 unspecified atom stereocenters. The summed E-state index contributed by atoms with van der Waals surface area (Å²) in [5, 5.41) is 9.62. The van der Waals surface area contributed by atoms with E-state index in [-0.39, 0.29) is 17.8 Å². The van der Waals surface area contributed by atoms with Crippen LogP contribution < -0.4 is 0 Å². The lowest BCUT2D eigenvalue weighted by molar-refractivity contribution is 0.0490. The highest BCUT2D eigenvalue weighted by Gasteiger charge is 2.27. The van der Waals surface area contributed by atoms with Gasteiger partial charge in [-0.25, -0.2) is 4.39 Å². The Morgan fingerprint density at radius 3 is 2.71 bits per heavy atom. The number of aliphatic hydroxyl groups is 1. The minimum absolute atomic E-state index is 0.0669. The Kier molecular flexibility index (Phi) is 3.84. The topological polar surface area (TPSA) is 32.7 Å². The number of hydrogen-bond donors (Lipinski definition) is 1. The largest absolute Gasteiger partial charge is 0.488 e. The standard InChI is InChI=1S/C13H20FNO2/c1-9-3-4-11(12(14)13(9)16)17-10-5-7-15(2)8-6-10/h3-4,9-10,13,16H,5-8H2,1-2H3. The van der Waals surface area contributed by atoms with Crippen LogP contribution in [0.15, 0.2) is 23.7 Å². The molecule has 0 saturated carbocycles. The first-order valence-electron chi connectivity index (χ1n) is 6.19. The molecular formula is C13H20FNO2. The highest BCUT2D eigenvalue weighted by molar-refractivity contribution is 5.25. The lowest BCUT2D eigenvalue weighted by Crippen LogP contribution is -2.34. The normalized spacial score (nSPS) is 32.0. The minimum Gasteiger partial charge on any atom is -0.488 e. The van der Waals surface area contributed by atoms with Gasteiger partial charge in [0.2, 0.25) is 0 Å². The smallest absolute Gasteiger partial charge is 0.171 e. The first-order chi connectivity index (χ1) is 8.08. The Morgan fingerprint density at radius 2 is 2.06 bits per heavy atom. The van der Waals surface area contributed by atoms with Crippen molar-refractivity contribution in [1.29, 1.82) is 0 Å². The van der Waals surface area contributed by atoms with E-state index in [1.54, 1.807) is 19.1 Å². The SMILES string of the molecule is CC1C=CC(OC2CCN(C)CC2)=C(F)C1O. The van der Waals surface area contributed by atoms with Gasteiger partial charge in [-0.3, -0.25) is 0 Å². The van der Waals surface area contributed by atoms with Crippen LogP contribution in [0.4, 0.5) is 4.39 Å². The first kappa shape index (κ1) is 12.6. The Hall–Kier alpha value is -0.870. The van der Waals surface area contributed by atoms with Gasteiger partial charge in [-0.15, -0.1) is 0 Å². The molecule has 4 heteroatoms. The third kappa shape index (κ3) is 2.87. The van der Waals surface area contributed by atoms with Crippen molar-refractivity contribution in [1.82, 2.24) is 4.90 Å². The van der Waals surface area contributed by atoms with Crippen LogP contribution in [0, 0.1) is 5.92 Å². The van der Waals surface area contributed by atoms with E-state index in [2.05, 4.69) is 11.9 Å². The number of aliphatic hydroxyl groups excluding tert-OH is 1. The fourth-order valence-electron chi connectivity index (χ4n) is 2.18. The molecule has 2 rings (SSSR count). The van der Waals surface area contributed by atoms with E-state index in [0.717, 1.165) is 25.9 Å². The van der Waals surface area contributed by atoms with E-state index < -0.39 is 11.9 Å². The number of halogens is 1. The summed E-state index contributed by atoms with van der Waals surface area (Å²) in [5.41, 5.74) is 0. The third-order valence-electron chi connectivity index (χ3n) is 3.50. The Bertz CT molecular complexity index is 332.